The summed E-state index contributed by atoms with van der Waals surface area (Å²) in [6, 6.07) is 14.2. The van der Waals surface area contributed by atoms with Gasteiger partial charge in [0.15, 0.2) is 46.9 Å². The van der Waals surface area contributed by atoms with Gasteiger partial charge in [-0.15, -0.1) is 0 Å². The van der Waals surface area contributed by atoms with Gasteiger partial charge in [-0.3, -0.25) is 0 Å². The molecule has 15 heteroatoms. The smallest absolute Gasteiger partial charge is 0.187 e. The number of hydrogen-bond donors (Lipinski definition) is 9. The van der Waals surface area contributed by atoms with Gasteiger partial charge in [0.05, 0.1) is 34.5 Å². The van der Waals surface area contributed by atoms with E-state index in [2.05, 4.69) is 0 Å². The molecule has 0 aliphatic carbocycles. The van der Waals surface area contributed by atoms with Crippen molar-refractivity contribution in [2.45, 2.75) is 55.8 Å². The number of phenolic OH excluding ortho intramolecular Hbond substituents is 2. The molecule has 4 rings (SSSR count). The molecule has 0 radical (unpaired) electrons. The van der Waals surface area contributed by atoms with Gasteiger partial charge >= 0.3 is 0 Å². The molecule has 0 aromatic heterocycles. The van der Waals surface area contributed by atoms with Crippen LogP contribution in [0.25, 0.3) is 0 Å². The summed E-state index contributed by atoms with van der Waals surface area (Å²) in [5, 5.41) is 92.3. The molecule has 0 bridgehead atoms. The zero-order valence-electron chi connectivity index (χ0n) is 28.6. The third kappa shape index (κ3) is 9.51. The van der Waals surface area contributed by atoms with E-state index in [0.717, 1.165) is 11.1 Å². The minimum absolute atomic E-state index is 0.00657. The molecule has 51 heavy (non-hydrogen) atoms. The Kier molecular flexibility index (Phi) is 14.5. The van der Waals surface area contributed by atoms with E-state index in [0.29, 0.717) is 24.2 Å². The predicted molar refractivity (Wildman–Crippen MR) is 180 cm³/mol. The molecule has 9 atom stereocenters. The first-order valence-corrected chi connectivity index (χ1v) is 16.4. The van der Waals surface area contributed by atoms with Crippen molar-refractivity contribution in [2.24, 2.45) is 11.8 Å². The van der Waals surface area contributed by atoms with Gasteiger partial charge in [-0.05, 0) is 77.8 Å². The highest BCUT2D eigenvalue weighted by atomic mass is 16.7. The van der Waals surface area contributed by atoms with E-state index in [-0.39, 0.29) is 53.8 Å². The van der Waals surface area contributed by atoms with Crippen molar-refractivity contribution in [3.63, 3.8) is 0 Å². The number of methoxy groups -OCH3 is 3. The highest BCUT2D eigenvalue weighted by Gasteiger charge is 2.46. The van der Waals surface area contributed by atoms with E-state index in [1.54, 1.807) is 30.3 Å². The maximum atomic E-state index is 10.7. The number of aromatic hydroxyl groups is 2. The highest BCUT2D eigenvalue weighted by molar-refractivity contribution is 5.45. The molecule has 0 saturated carbocycles. The second kappa shape index (κ2) is 18.5. The minimum Gasteiger partial charge on any atom is -0.504 e. The van der Waals surface area contributed by atoms with Crippen LogP contribution in [-0.4, -0.2) is 131 Å². The number of benzene rings is 3. The van der Waals surface area contributed by atoms with Crippen LogP contribution in [-0.2, 0) is 22.3 Å². The van der Waals surface area contributed by atoms with Gasteiger partial charge in [0.1, 0.15) is 30.5 Å². The van der Waals surface area contributed by atoms with Gasteiger partial charge in [-0.2, -0.15) is 0 Å². The quantitative estimate of drug-likeness (QED) is 0.0866. The molecule has 0 unspecified atom stereocenters. The molecule has 1 aliphatic heterocycles. The van der Waals surface area contributed by atoms with Crippen LogP contribution in [0.4, 0.5) is 0 Å². The zero-order chi connectivity index (χ0) is 37.2. The Morgan fingerprint density at radius 1 is 0.627 bits per heavy atom. The molecule has 282 valence electrons. The molecule has 3 aromatic carbocycles. The molecule has 1 saturated heterocycles. The van der Waals surface area contributed by atoms with Gasteiger partial charge in [0, 0.05) is 13.2 Å². The van der Waals surface area contributed by atoms with Gasteiger partial charge in [0.25, 0.3) is 0 Å². The fourth-order valence-corrected chi connectivity index (χ4v) is 6.09. The number of phenols is 2. The summed E-state index contributed by atoms with van der Waals surface area (Å²) in [4.78, 5) is 0. The van der Waals surface area contributed by atoms with Gasteiger partial charge < -0.3 is 74.4 Å². The average molecular weight is 721 g/mol. The highest BCUT2D eigenvalue weighted by Crippen LogP contribution is 2.38. The molecule has 1 aliphatic rings. The molecule has 1 fully saturated rings. The van der Waals surface area contributed by atoms with Crippen LogP contribution in [0.2, 0.25) is 0 Å². The summed E-state index contributed by atoms with van der Waals surface area (Å²) in [5.41, 5.74) is 1.87. The molecule has 0 spiro atoms. The van der Waals surface area contributed by atoms with Crippen molar-refractivity contribution in [1.82, 2.24) is 0 Å². The zero-order valence-corrected chi connectivity index (χ0v) is 28.6. The second-order valence-corrected chi connectivity index (χ2v) is 12.3. The van der Waals surface area contributed by atoms with Crippen molar-refractivity contribution in [1.29, 1.82) is 0 Å². The van der Waals surface area contributed by atoms with Crippen LogP contribution < -0.4 is 18.9 Å². The SMILES string of the molecule is COc1cc(C[C@H](CO)[C@@H](CO)Cc2ccc(O[C@H](CO)[C@@H](O[C@@H]3O[C@H](CO)[C@@H](O)[C@H](O)[C@H]3O)c3ccc(O)c(OC)c3)c(OC)c2)ccc1O. The molecular formula is C36H48O15. The monoisotopic (exact) mass is 720 g/mol. The van der Waals surface area contributed by atoms with Crippen LogP contribution >= 0.6 is 0 Å². The molecule has 3 aromatic rings. The first-order valence-electron chi connectivity index (χ1n) is 16.4. The van der Waals surface area contributed by atoms with Gasteiger partial charge in [-0.1, -0.05) is 18.2 Å². The number of aliphatic hydroxyl groups excluding tert-OH is 7. The molecule has 9 N–H and O–H groups in total. The lowest BCUT2D eigenvalue weighted by atomic mass is 9.83. The van der Waals surface area contributed by atoms with Crippen LogP contribution in [0, 0.1) is 11.8 Å². The third-order valence-electron chi connectivity index (χ3n) is 9.06. The van der Waals surface area contributed by atoms with Crippen LogP contribution in [0.5, 0.6) is 34.5 Å². The van der Waals surface area contributed by atoms with Crippen molar-refractivity contribution in [3.05, 3.63) is 71.3 Å². The maximum absolute atomic E-state index is 10.7. The Morgan fingerprint density at radius 3 is 1.73 bits per heavy atom. The van der Waals surface area contributed by atoms with E-state index in [9.17, 15) is 46.0 Å². The van der Waals surface area contributed by atoms with E-state index >= 15 is 0 Å². The Hall–Kier alpha value is -3.90. The van der Waals surface area contributed by atoms with Crippen LogP contribution in [0.1, 0.15) is 22.8 Å². The summed E-state index contributed by atoms with van der Waals surface area (Å²) >= 11 is 0. The second-order valence-electron chi connectivity index (χ2n) is 12.3. The summed E-state index contributed by atoms with van der Waals surface area (Å²) in [7, 11) is 4.21. The largest absolute Gasteiger partial charge is 0.504 e. The van der Waals surface area contributed by atoms with Crippen LogP contribution in [0.15, 0.2) is 54.6 Å². The molecule has 0 amide bonds. The number of ether oxygens (including phenoxy) is 6. The fourth-order valence-electron chi connectivity index (χ4n) is 6.09. The third-order valence-corrected chi connectivity index (χ3v) is 9.06. The summed E-state index contributed by atoms with van der Waals surface area (Å²) in [5.74, 6) is -0.0729. The van der Waals surface area contributed by atoms with Crippen molar-refractivity contribution >= 4 is 0 Å². The van der Waals surface area contributed by atoms with Gasteiger partial charge in [-0.25, -0.2) is 0 Å². The van der Waals surface area contributed by atoms with Crippen molar-refractivity contribution < 1.29 is 74.4 Å². The van der Waals surface area contributed by atoms with Crippen molar-refractivity contribution in [3.8, 4) is 34.5 Å². The Labute approximate surface area is 295 Å². The summed E-state index contributed by atoms with van der Waals surface area (Å²) in [6.07, 6.45) is -9.68. The van der Waals surface area contributed by atoms with E-state index in [1.807, 2.05) is 0 Å². The lowest BCUT2D eigenvalue weighted by Gasteiger charge is -2.41. The number of rotatable bonds is 18. The average Bonchev–Trinajstić information content (AvgIpc) is 3.15. The first-order chi connectivity index (χ1) is 24.5. The molecule has 1 heterocycles. The maximum Gasteiger partial charge on any atom is 0.187 e. The van der Waals surface area contributed by atoms with Crippen LogP contribution in [0.3, 0.4) is 0 Å². The Morgan fingerprint density at radius 2 is 1.18 bits per heavy atom. The van der Waals surface area contributed by atoms with Crippen molar-refractivity contribution in [2.75, 3.05) is 47.8 Å². The van der Waals surface area contributed by atoms with E-state index in [4.69, 9.17) is 28.4 Å². The topological polar surface area (TPSA) is 237 Å². The van der Waals surface area contributed by atoms with E-state index < -0.39 is 56.1 Å². The molecule has 15 nitrogen and oxygen atoms in total. The minimum atomic E-state index is -1.75. The first kappa shape index (κ1) is 39.9. The summed E-state index contributed by atoms with van der Waals surface area (Å²) < 4.78 is 33.9. The predicted octanol–water partition coefficient (Wildman–Crippen LogP) is 0.423. The van der Waals surface area contributed by atoms with E-state index in [1.165, 1.54) is 45.6 Å². The molecular weight excluding hydrogens is 672 g/mol. The number of aliphatic hydroxyl groups is 7. The Bertz CT molecular complexity index is 1530. The standard InChI is InChI=1S/C36H48O15/c1-46-27-12-19(4-7-24(27)41)10-22(15-37)23(16-38)11-20-5-9-26(29(13-20)48-3)49-31(18-40)35(21-6-8-25(42)28(14-21)47-2)51-36-34(45)33(44)32(43)30(17-39)50-36/h4-9,12-14,22-23,30-45H,10-11,15-18H2,1-3H3/t22-,23-,30-,31-,32-,33+,34-,35+,36+/m1/s1. The Balaban J connectivity index is 1.59. The number of hydrogen-bond acceptors (Lipinski definition) is 15. The fraction of sp³-hybridized carbons (Fsp3) is 0.500. The van der Waals surface area contributed by atoms with Gasteiger partial charge in [0.2, 0.25) is 0 Å². The lowest BCUT2D eigenvalue weighted by Crippen LogP contribution is -2.59. The lowest BCUT2D eigenvalue weighted by molar-refractivity contribution is -0.318. The summed E-state index contributed by atoms with van der Waals surface area (Å²) in [6.45, 7) is -1.76. The normalized spacial score (nSPS) is 22.8.